The van der Waals surface area contributed by atoms with Crippen molar-refractivity contribution in [3.63, 3.8) is 0 Å². The fourth-order valence-corrected chi connectivity index (χ4v) is 5.23. The first-order chi connectivity index (χ1) is 15.7. The number of rotatable bonds is 5. The van der Waals surface area contributed by atoms with Gasteiger partial charge in [0.05, 0.1) is 29.5 Å². The van der Waals surface area contributed by atoms with E-state index >= 15 is 0 Å². The minimum atomic E-state index is -4.10. The number of ether oxygens (including phenoxy) is 1. The van der Waals surface area contributed by atoms with Crippen LogP contribution in [-0.4, -0.2) is 61.9 Å². The molecule has 4 rings (SSSR count). The third-order valence-electron chi connectivity index (χ3n) is 5.88. The van der Waals surface area contributed by atoms with Gasteiger partial charge in [-0.05, 0) is 37.3 Å². The Morgan fingerprint density at radius 2 is 1.70 bits per heavy atom. The molecule has 0 unspecified atom stereocenters. The molecule has 1 aliphatic rings. The van der Waals surface area contributed by atoms with Crippen LogP contribution in [0.2, 0.25) is 0 Å². The standard InChI is InChI=1S/C23H26N4O5S/c1-17-21(23(29)27(24(17)2)19-9-5-4-6-10-19)25(3)33(30,31)20-11-7-8-18(16-20)22(28)26-12-14-32-15-13-26/h4-11,16H,12-15H2,1-3H3. The number of sulfonamides is 1. The molecule has 2 aromatic carbocycles. The summed E-state index contributed by atoms with van der Waals surface area (Å²) in [4.78, 5) is 27.7. The molecule has 1 aliphatic heterocycles. The number of hydrogen-bond acceptors (Lipinski definition) is 5. The first-order valence-electron chi connectivity index (χ1n) is 10.5. The van der Waals surface area contributed by atoms with Gasteiger partial charge < -0.3 is 9.64 Å². The lowest BCUT2D eigenvalue weighted by Crippen LogP contribution is -2.40. The fraction of sp³-hybridized carbons (Fsp3) is 0.304. The van der Waals surface area contributed by atoms with Gasteiger partial charge in [0.25, 0.3) is 21.5 Å². The predicted octanol–water partition coefficient (Wildman–Crippen LogP) is 1.78. The van der Waals surface area contributed by atoms with Crippen LogP contribution in [0.3, 0.4) is 0 Å². The topological polar surface area (TPSA) is 93.9 Å². The lowest BCUT2D eigenvalue weighted by Gasteiger charge is -2.27. The van der Waals surface area contributed by atoms with E-state index in [1.165, 1.54) is 29.9 Å². The monoisotopic (exact) mass is 470 g/mol. The van der Waals surface area contributed by atoms with E-state index in [-0.39, 0.29) is 22.1 Å². The zero-order chi connectivity index (χ0) is 23.8. The van der Waals surface area contributed by atoms with E-state index in [2.05, 4.69) is 0 Å². The van der Waals surface area contributed by atoms with Crippen molar-refractivity contribution >= 4 is 21.6 Å². The maximum atomic E-state index is 13.5. The van der Waals surface area contributed by atoms with Crippen LogP contribution in [0.4, 0.5) is 5.69 Å². The summed E-state index contributed by atoms with van der Waals surface area (Å²) < 4.78 is 36.3. The highest BCUT2D eigenvalue weighted by Gasteiger charge is 2.29. The number of benzene rings is 2. The van der Waals surface area contributed by atoms with Gasteiger partial charge in [-0.2, -0.15) is 0 Å². The third kappa shape index (κ3) is 4.07. The van der Waals surface area contributed by atoms with Crippen LogP contribution in [0.15, 0.2) is 64.3 Å². The van der Waals surface area contributed by atoms with Crippen LogP contribution >= 0.6 is 0 Å². The Balaban J connectivity index is 1.72. The Labute approximate surface area is 192 Å². The summed E-state index contributed by atoms with van der Waals surface area (Å²) in [7, 11) is -1.04. The molecule has 9 nitrogen and oxygen atoms in total. The molecular formula is C23H26N4O5S. The average Bonchev–Trinajstić information content (AvgIpc) is 3.07. The summed E-state index contributed by atoms with van der Waals surface area (Å²) in [5.41, 5.74) is 0.996. The zero-order valence-corrected chi connectivity index (χ0v) is 19.6. The third-order valence-corrected chi connectivity index (χ3v) is 7.63. The average molecular weight is 471 g/mol. The SMILES string of the molecule is Cc1c(N(C)S(=O)(=O)c2cccc(C(=O)N3CCOCC3)c2)c(=O)n(-c2ccccc2)n1C. The predicted molar refractivity (Wildman–Crippen MR) is 125 cm³/mol. The van der Waals surface area contributed by atoms with Gasteiger partial charge in [0.1, 0.15) is 5.69 Å². The van der Waals surface area contributed by atoms with Gasteiger partial charge >= 0.3 is 0 Å². The molecule has 0 atom stereocenters. The number of hydrogen-bond donors (Lipinski definition) is 0. The molecule has 1 amide bonds. The second-order valence-corrected chi connectivity index (χ2v) is 9.78. The summed E-state index contributed by atoms with van der Waals surface area (Å²) in [6.45, 7) is 3.51. The van der Waals surface area contributed by atoms with Crippen molar-refractivity contribution in [2.75, 3.05) is 37.7 Å². The molecule has 0 spiro atoms. The van der Waals surface area contributed by atoms with Crippen molar-refractivity contribution < 1.29 is 17.9 Å². The van der Waals surface area contributed by atoms with Crippen molar-refractivity contribution in [3.05, 3.63) is 76.2 Å². The minimum absolute atomic E-state index is 0.0475. The highest BCUT2D eigenvalue weighted by atomic mass is 32.2. The number of carbonyl (C=O) groups is 1. The number of anilines is 1. The van der Waals surface area contributed by atoms with Crippen LogP contribution in [0.1, 0.15) is 16.1 Å². The molecule has 0 aliphatic carbocycles. The molecule has 1 fully saturated rings. The van der Waals surface area contributed by atoms with E-state index < -0.39 is 15.6 Å². The Bertz CT molecular complexity index is 1340. The number of amides is 1. The van der Waals surface area contributed by atoms with E-state index in [0.29, 0.717) is 37.7 Å². The Kier molecular flexibility index (Phi) is 6.13. The molecule has 0 bridgehead atoms. The van der Waals surface area contributed by atoms with E-state index in [4.69, 9.17) is 4.74 Å². The minimum Gasteiger partial charge on any atom is -0.378 e. The highest BCUT2D eigenvalue weighted by Crippen LogP contribution is 2.25. The summed E-state index contributed by atoms with van der Waals surface area (Å²) in [6, 6.07) is 14.9. The molecule has 0 saturated carbocycles. The molecule has 0 N–H and O–H groups in total. The van der Waals surface area contributed by atoms with E-state index in [1.807, 2.05) is 6.07 Å². The van der Waals surface area contributed by atoms with Crippen molar-refractivity contribution in [1.29, 1.82) is 0 Å². The molecule has 33 heavy (non-hydrogen) atoms. The fourth-order valence-electron chi connectivity index (χ4n) is 3.93. The number of morpholine rings is 1. The van der Waals surface area contributed by atoms with Gasteiger partial charge in [0.2, 0.25) is 0 Å². The van der Waals surface area contributed by atoms with Crippen LogP contribution in [0.5, 0.6) is 0 Å². The smallest absolute Gasteiger partial charge is 0.296 e. The summed E-state index contributed by atoms with van der Waals surface area (Å²) in [6.07, 6.45) is 0. The maximum Gasteiger partial charge on any atom is 0.296 e. The molecule has 3 aromatic rings. The molecular weight excluding hydrogens is 444 g/mol. The molecule has 174 valence electrons. The quantitative estimate of drug-likeness (QED) is 0.567. The van der Waals surface area contributed by atoms with Gasteiger partial charge in [0.15, 0.2) is 0 Å². The van der Waals surface area contributed by atoms with Gasteiger partial charge in [0, 0.05) is 32.7 Å². The van der Waals surface area contributed by atoms with Crippen LogP contribution in [-0.2, 0) is 21.8 Å². The van der Waals surface area contributed by atoms with Crippen LogP contribution in [0, 0.1) is 6.92 Å². The Morgan fingerprint density at radius 3 is 2.36 bits per heavy atom. The van der Waals surface area contributed by atoms with Gasteiger partial charge in [-0.1, -0.05) is 24.3 Å². The highest BCUT2D eigenvalue weighted by molar-refractivity contribution is 7.92. The molecule has 10 heteroatoms. The largest absolute Gasteiger partial charge is 0.378 e. The van der Waals surface area contributed by atoms with Gasteiger partial charge in [-0.15, -0.1) is 0 Å². The van der Waals surface area contributed by atoms with Crippen molar-refractivity contribution in [1.82, 2.24) is 14.3 Å². The Hall–Kier alpha value is -3.37. The van der Waals surface area contributed by atoms with E-state index in [0.717, 1.165) is 4.31 Å². The molecule has 2 heterocycles. The number of para-hydroxylation sites is 1. The van der Waals surface area contributed by atoms with Crippen LogP contribution < -0.4 is 9.86 Å². The molecule has 1 aromatic heterocycles. The summed E-state index contributed by atoms with van der Waals surface area (Å²) in [5, 5.41) is 0. The molecule has 1 saturated heterocycles. The maximum absolute atomic E-state index is 13.5. The second kappa shape index (κ2) is 8.87. The van der Waals surface area contributed by atoms with Gasteiger partial charge in [-0.3, -0.25) is 18.6 Å². The van der Waals surface area contributed by atoms with Crippen molar-refractivity contribution in [2.45, 2.75) is 11.8 Å². The Morgan fingerprint density at radius 1 is 1.03 bits per heavy atom. The lowest BCUT2D eigenvalue weighted by atomic mass is 10.2. The van der Waals surface area contributed by atoms with E-state index in [9.17, 15) is 18.0 Å². The number of nitrogens with zero attached hydrogens (tertiary/aromatic N) is 4. The first-order valence-corrected chi connectivity index (χ1v) is 12.0. The molecule has 0 radical (unpaired) electrons. The zero-order valence-electron chi connectivity index (χ0n) is 18.8. The summed E-state index contributed by atoms with van der Waals surface area (Å²) in [5.74, 6) is -0.250. The normalized spacial score (nSPS) is 14.3. The summed E-state index contributed by atoms with van der Waals surface area (Å²) >= 11 is 0. The first kappa shape index (κ1) is 22.8. The van der Waals surface area contributed by atoms with Crippen LogP contribution in [0.25, 0.3) is 5.69 Å². The lowest BCUT2D eigenvalue weighted by molar-refractivity contribution is 0.0302. The number of carbonyl (C=O) groups excluding carboxylic acids is 1. The van der Waals surface area contributed by atoms with Crippen molar-refractivity contribution in [3.8, 4) is 5.69 Å². The van der Waals surface area contributed by atoms with Gasteiger partial charge in [-0.25, -0.2) is 13.1 Å². The van der Waals surface area contributed by atoms with Crippen molar-refractivity contribution in [2.24, 2.45) is 7.05 Å². The second-order valence-electron chi connectivity index (χ2n) is 7.82. The van der Waals surface area contributed by atoms with E-state index in [1.54, 1.807) is 53.9 Å². The number of aromatic nitrogens is 2.